The van der Waals surface area contributed by atoms with E-state index < -0.39 is 23.8 Å². The summed E-state index contributed by atoms with van der Waals surface area (Å²) in [6.07, 6.45) is 1.88. The molecule has 0 aliphatic carbocycles. The molecule has 0 radical (unpaired) electrons. The van der Waals surface area contributed by atoms with Crippen molar-refractivity contribution in [2.24, 2.45) is 22.1 Å². The van der Waals surface area contributed by atoms with Crippen molar-refractivity contribution in [1.82, 2.24) is 0 Å². The Labute approximate surface area is 142 Å². The fraction of sp³-hybridized carbons (Fsp3) is 0.750. The first-order valence-electron chi connectivity index (χ1n) is 8.06. The van der Waals surface area contributed by atoms with Crippen LogP contribution in [-0.4, -0.2) is 38.2 Å². The van der Waals surface area contributed by atoms with Crippen molar-refractivity contribution < 1.29 is 19.1 Å². The molecular formula is C16H24N4O4. The van der Waals surface area contributed by atoms with E-state index in [1.54, 1.807) is 13.8 Å². The first-order chi connectivity index (χ1) is 11.6. The monoisotopic (exact) mass is 336 g/mol. The van der Waals surface area contributed by atoms with Gasteiger partial charge in [-0.2, -0.15) is 20.8 Å². The van der Waals surface area contributed by atoms with Gasteiger partial charge in [0, 0.05) is 0 Å². The molecule has 0 saturated carbocycles. The summed E-state index contributed by atoms with van der Waals surface area (Å²) in [5.74, 6) is -2.53. The third-order valence-electron chi connectivity index (χ3n) is 3.06. The van der Waals surface area contributed by atoms with Gasteiger partial charge >= 0.3 is 11.9 Å². The van der Waals surface area contributed by atoms with E-state index >= 15 is 0 Å². The number of nitriles is 2. The second-order valence-corrected chi connectivity index (χ2v) is 4.88. The summed E-state index contributed by atoms with van der Waals surface area (Å²) in [6.45, 7) is 4.73. The zero-order chi connectivity index (χ0) is 18.2. The molecule has 0 spiro atoms. The maximum atomic E-state index is 11.4. The van der Waals surface area contributed by atoms with Crippen LogP contribution >= 0.6 is 0 Å². The Bertz CT molecular complexity index is 449. The Hall–Kier alpha value is -2.48. The van der Waals surface area contributed by atoms with Crippen molar-refractivity contribution in [3.05, 3.63) is 0 Å². The standard InChI is InChI=1S/C16H24N4O4/c1-3-23-15(21)13(11-17)7-5-9-19-20-10-6-8-14(12-18)16(22)24-4-2/h13-14H,3-10H2,1-2H3. The summed E-state index contributed by atoms with van der Waals surface area (Å²) in [7, 11) is 0. The van der Waals surface area contributed by atoms with E-state index in [1.807, 2.05) is 12.1 Å². The molecule has 0 N–H and O–H groups in total. The molecule has 0 fully saturated rings. The predicted molar refractivity (Wildman–Crippen MR) is 84.5 cm³/mol. The topological polar surface area (TPSA) is 125 Å². The van der Waals surface area contributed by atoms with Gasteiger partial charge in [-0.05, 0) is 39.5 Å². The minimum absolute atomic E-state index is 0.256. The van der Waals surface area contributed by atoms with Crippen molar-refractivity contribution in [3.63, 3.8) is 0 Å². The summed E-state index contributed by atoms with van der Waals surface area (Å²) in [4.78, 5) is 22.8. The predicted octanol–water partition coefficient (Wildman–Crippen LogP) is 2.40. The molecule has 0 aliphatic heterocycles. The number of carbonyl (C=O) groups excluding carboxylic acids is 2. The summed E-state index contributed by atoms with van der Waals surface area (Å²) in [5, 5.41) is 25.7. The van der Waals surface area contributed by atoms with Crippen LogP contribution in [0.1, 0.15) is 39.5 Å². The van der Waals surface area contributed by atoms with Gasteiger partial charge < -0.3 is 9.47 Å². The summed E-state index contributed by atoms with van der Waals surface area (Å²) < 4.78 is 9.59. The Morgan fingerprint density at radius 1 is 0.875 bits per heavy atom. The van der Waals surface area contributed by atoms with Gasteiger partial charge in [-0.25, -0.2) is 0 Å². The van der Waals surface area contributed by atoms with Crippen LogP contribution in [0.25, 0.3) is 0 Å². The van der Waals surface area contributed by atoms with E-state index in [0.29, 0.717) is 38.8 Å². The maximum Gasteiger partial charge on any atom is 0.323 e. The molecule has 0 amide bonds. The highest BCUT2D eigenvalue weighted by molar-refractivity contribution is 5.75. The van der Waals surface area contributed by atoms with Crippen LogP contribution in [-0.2, 0) is 19.1 Å². The van der Waals surface area contributed by atoms with E-state index in [4.69, 9.17) is 20.0 Å². The average Bonchev–Trinajstić information content (AvgIpc) is 2.57. The molecule has 0 saturated heterocycles. The maximum absolute atomic E-state index is 11.4. The molecule has 0 heterocycles. The van der Waals surface area contributed by atoms with Crippen LogP contribution in [0.2, 0.25) is 0 Å². The van der Waals surface area contributed by atoms with Crippen LogP contribution in [0.15, 0.2) is 10.2 Å². The number of esters is 2. The van der Waals surface area contributed by atoms with Crippen LogP contribution in [0.3, 0.4) is 0 Å². The average molecular weight is 336 g/mol. The normalized spacial score (nSPS) is 12.8. The molecule has 2 unspecified atom stereocenters. The van der Waals surface area contributed by atoms with Crippen LogP contribution in [0.5, 0.6) is 0 Å². The lowest BCUT2D eigenvalue weighted by atomic mass is 10.1. The molecule has 0 aromatic carbocycles. The zero-order valence-corrected chi connectivity index (χ0v) is 14.2. The molecule has 24 heavy (non-hydrogen) atoms. The van der Waals surface area contributed by atoms with E-state index in [9.17, 15) is 9.59 Å². The molecular weight excluding hydrogens is 312 g/mol. The molecule has 8 heteroatoms. The fourth-order valence-electron chi connectivity index (χ4n) is 1.83. The molecule has 8 nitrogen and oxygen atoms in total. The SMILES string of the molecule is CCOC(=O)C(C#N)CCCN=NCCCC(C#N)C(=O)OCC. The Morgan fingerprint density at radius 3 is 1.54 bits per heavy atom. The second-order valence-electron chi connectivity index (χ2n) is 4.88. The second kappa shape index (κ2) is 14.1. The van der Waals surface area contributed by atoms with Crippen LogP contribution in [0.4, 0.5) is 0 Å². The van der Waals surface area contributed by atoms with Gasteiger partial charge in [0.1, 0.15) is 11.8 Å². The van der Waals surface area contributed by atoms with E-state index in [2.05, 4.69) is 10.2 Å². The van der Waals surface area contributed by atoms with Crippen molar-refractivity contribution in [2.75, 3.05) is 26.3 Å². The quantitative estimate of drug-likeness (QED) is 0.306. The lowest BCUT2D eigenvalue weighted by Crippen LogP contribution is -2.16. The van der Waals surface area contributed by atoms with Gasteiger partial charge in [0.05, 0.1) is 38.4 Å². The molecule has 2 atom stereocenters. The zero-order valence-electron chi connectivity index (χ0n) is 14.2. The van der Waals surface area contributed by atoms with Gasteiger partial charge in [-0.15, -0.1) is 0 Å². The number of carbonyl (C=O) groups is 2. The third kappa shape index (κ3) is 9.52. The van der Waals surface area contributed by atoms with Crippen molar-refractivity contribution >= 4 is 11.9 Å². The van der Waals surface area contributed by atoms with Gasteiger partial charge in [0.2, 0.25) is 0 Å². The Balaban J connectivity index is 3.87. The molecule has 0 aromatic heterocycles. The van der Waals surface area contributed by atoms with Crippen molar-refractivity contribution in [1.29, 1.82) is 10.5 Å². The lowest BCUT2D eigenvalue weighted by Gasteiger charge is -2.07. The highest BCUT2D eigenvalue weighted by Crippen LogP contribution is 2.09. The fourth-order valence-corrected chi connectivity index (χ4v) is 1.83. The molecule has 0 rings (SSSR count). The van der Waals surface area contributed by atoms with Gasteiger partial charge in [-0.1, -0.05) is 0 Å². The molecule has 0 bridgehead atoms. The highest BCUT2D eigenvalue weighted by atomic mass is 16.5. The van der Waals surface area contributed by atoms with E-state index in [0.717, 1.165) is 0 Å². The number of rotatable bonds is 12. The third-order valence-corrected chi connectivity index (χ3v) is 3.06. The highest BCUT2D eigenvalue weighted by Gasteiger charge is 2.19. The molecule has 132 valence electrons. The first kappa shape index (κ1) is 21.5. The summed E-state index contributed by atoms with van der Waals surface area (Å²) in [6, 6.07) is 3.83. The van der Waals surface area contributed by atoms with Crippen molar-refractivity contribution in [2.45, 2.75) is 39.5 Å². The Kier molecular flexibility index (Phi) is 12.7. The number of hydrogen-bond acceptors (Lipinski definition) is 8. The van der Waals surface area contributed by atoms with Gasteiger partial charge in [0.25, 0.3) is 0 Å². The smallest absolute Gasteiger partial charge is 0.323 e. The van der Waals surface area contributed by atoms with Crippen LogP contribution in [0, 0.1) is 34.5 Å². The van der Waals surface area contributed by atoms with Gasteiger partial charge in [0.15, 0.2) is 0 Å². The Morgan fingerprint density at radius 2 is 1.25 bits per heavy atom. The van der Waals surface area contributed by atoms with E-state index in [1.165, 1.54) is 0 Å². The lowest BCUT2D eigenvalue weighted by molar-refractivity contribution is -0.147. The number of ether oxygens (including phenoxy) is 2. The van der Waals surface area contributed by atoms with Crippen molar-refractivity contribution in [3.8, 4) is 12.1 Å². The summed E-state index contributed by atoms with van der Waals surface area (Å²) >= 11 is 0. The summed E-state index contributed by atoms with van der Waals surface area (Å²) in [5.41, 5.74) is 0. The number of nitrogens with zero attached hydrogens (tertiary/aromatic N) is 4. The number of hydrogen-bond donors (Lipinski definition) is 0. The number of azo groups is 1. The minimum atomic E-state index is -0.763. The van der Waals surface area contributed by atoms with Gasteiger partial charge in [-0.3, -0.25) is 9.59 Å². The van der Waals surface area contributed by atoms with E-state index in [-0.39, 0.29) is 13.2 Å². The molecule has 0 aromatic rings. The largest absolute Gasteiger partial charge is 0.465 e. The first-order valence-corrected chi connectivity index (χ1v) is 8.06. The molecule has 0 aliphatic rings. The van der Waals surface area contributed by atoms with Crippen LogP contribution < -0.4 is 0 Å². The minimum Gasteiger partial charge on any atom is -0.465 e.